The van der Waals surface area contributed by atoms with Crippen molar-refractivity contribution in [3.8, 4) is 0 Å². The molecule has 1 aromatic heterocycles. The summed E-state index contributed by atoms with van der Waals surface area (Å²) in [4.78, 5) is 0. The Morgan fingerprint density at radius 2 is 2.20 bits per heavy atom. The Bertz CT molecular complexity index is 381. The van der Waals surface area contributed by atoms with Crippen molar-refractivity contribution in [1.82, 2.24) is 9.78 Å². The first-order chi connectivity index (χ1) is 9.72. The van der Waals surface area contributed by atoms with Crippen LogP contribution in [0.5, 0.6) is 0 Å². The van der Waals surface area contributed by atoms with E-state index in [2.05, 4.69) is 35.9 Å². The van der Waals surface area contributed by atoms with Crippen LogP contribution in [-0.4, -0.2) is 28.5 Å². The van der Waals surface area contributed by atoms with Crippen LogP contribution in [-0.2, 0) is 11.2 Å². The van der Waals surface area contributed by atoms with Gasteiger partial charge >= 0.3 is 0 Å². The molecule has 2 atom stereocenters. The standard InChI is InChI=1S/C16H29N3O/c1-3-15(4-2)19-9-8-14(18-19)11-13(17)12-16-7-5-6-10-20-16/h8-9,13,15-16H,3-7,10-12,17H2,1-2H3. The van der Waals surface area contributed by atoms with Crippen LogP contribution in [0.25, 0.3) is 0 Å². The molecule has 0 saturated carbocycles. The number of rotatable bonds is 7. The van der Waals surface area contributed by atoms with Gasteiger partial charge < -0.3 is 10.5 Å². The summed E-state index contributed by atoms with van der Waals surface area (Å²) < 4.78 is 7.86. The van der Waals surface area contributed by atoms with E-state index in [0.717, 1.165) is 44.4 Å². The highest BCUT2D eigenvalue weighted by molar-refractivity contribution is 5.02. The highest BCUT2D eigenvalue weighted by atomic mass is 16.5. The van der Waals surface area contributed by atoms with Gasteiger partial charge in [0.1, 0.15) is 0 Å². The lowest BCUT2D eigenvalue weighted by atomic mass is 9.99. The van der Waals surface area contributed by atoms with E-state index in [-0.39, 0.29) is 6.04 Å². The first-order valence-corrected chi connectivity index (χ1v) is 8.14. The van der Waals surface area contributed by atoms with E-state index in [0.29, 0.717) is 12.1 Å². The van der Waals surface area contributed by atoms with E-state index in [1.807, 2.05) is 0 Å². The van der Waals surface area contributed by atoms with Crippen LogP contribution < -0.4 is 5.73 Å². The van der Waals surface area contributed by atoms with Crippen molar-refractivity contribution in [2.45, 2.75) is 77.0 Å². The average molecular weight is 279 g/mol. The topological polar surface area (TPSA) is 53.1 Å². The monoisotopic (exact) mass is 279 g/mol. The lowest BCUT2D eigenvalue weighted by Gasteiger charge is -2.25. The fraction of sp³-hybridized carbons (Fsp3) is 0.812. The number of ether oxygens (including phenoxy) is 1. The highest BCUT2D eigenvalue weighted by Gasteiger charge is 2.18. The van der Waals surface area contributed by atoms with Gasteiger partial charge in [0, 0.05) is 25.3 Å². The van der Waals surface area contributed by atoms with Gasteiger partial charge in [0.25, 0.3) is 0 Å². The van der Waals surface area contributed by atoms with Gasteiger partial charge in [-0.1, -0.05) is 13.8 Å². The third-order valence-electron chi connectivity index (χ3n) is 4.29. The molecular formula is C16H29N3O. The van der Waals surface area contributed by atoms with Crippen LogP contribution >= 0.6 is 0 Å². The molecule has 1 aliphatic heterocycles. The van der Waals surface area contributed by atoms with Crippen LogP contribution in [0.15, 0.2) is 12.3 Å². The van der Waals surface area contributed by atoms with Crippen LogP contribution in [0.1, 0.15) is 64.1 Å². The van der Waals surface area contributed by atoms with Crippen molar-refractivity contribution < 1.29 is 4.74 Å². The molecule has 114 valence electrons. The molecule has 2 rings (SSSR count). The van der Waals surface area contributed by atoms with Gasteiger partial charge in [0.05, 0.1) is 17.8 Å². The summed E-state index contributed by atoms with van der Waals surface area (Å²) in [6.07, 6.45) is 10.2. The SMILES string of the molecule is CCC(CC)n1ccc(CC(N)CC2CCCCO2)n1. The van der Waals surface area contributed by atoms with Crippen molar-refractivity contribution in [3.05, 3.63) is 18.0 Å². The fourth-order valence-electron chi connectivity index (χ4n) is 3.04. The Morgan fingerprint density at radius 1 is 1.40 bits per heavy atom. The molecule has 2 unspecified atom stereocenters. The molecule has 2 N–H and O–H groups in total. The van der Waals surface area contributed by atoms with Crippen LogP contribution in [0.3, 0.4) is 0 Å². The molecule has 0 amide bonds. The largest absolute Gasteiger partial charge is 0.378 e. The number of nitrogens with two attached hydrogens (primary N) is 1. The Balaban J connectivity index is 1.83. The molecule has 2 heterocycles. The average Bonchev–Trinajstić information content (AvgIpc) is 2.89. The molecule has 1 saturated heterocycles. The summed E-state index contributed by atoms with van der Waals surface area (Å²) in [6.45, 7) is 5.32. The predicted octanol–water partition coefficient (Wildman–Crippen LogP) is 3.07. The molecule has 1 aliphatic rings. The zero-order valence-corrected chi connectivity index (χ0v) is 12.9. The van der Waals surface area contributed by atoms with E-state index < -0.39 is 0 Å². The normalized spacial score (nSPS) is 21.3. The van der Waals surface area contributed by atoms with Gasteiger partial charge in [-0.15, -0.1) is 0 Å². The van der Waals surface area contributed by atoms with Gasteiger partial charge in [-0.3, -0.25) is 4.68 Å². The summed E-state index contributed by atoms with van der Waals surface area (Å²) in [5.74, 6) is 0. The minimum atomic E-state index is 0.156. The summed E-state index contributed by atoms with van der Waals surface area (Å²) in [6, 6.07) is 2.78. The number of hydrogen-bond acceptors (Lipinski definition) is 3. The van der Waals surface area contributed by atoms with Crippen LogP contribution in [0.2, 0.25) is 0 Å². The van der Waals surface area contributed by atoms with Crippen LogP contribution in [0.4, 0.5) is 0 Å². The molecule has 1 fully saturated rings. The molecule has 0 radical (unpaired) electrons. The molecule has 4 heteroatoms. The Hall–Kier alpha value is -0.870. The quantitative estimate of drug-likeness (QED) is 0.834. The Kier molecular flexibility index (Phi) is 6.05. The second-order valence-electron chi connectivity index (χ2n) is 5.95. The summed E-state index contributed by atoms with van der Waals surface area (Å²) in [7, 11) is 0. The van der Waals surface area contributed by atoms with Gasteiger partial charge in [0.2, 0.25) is 0 Å². The van der Waals surface area contributed by atoms with Crippen molar-refractivity contribution in [2.24, 2.45) is 5.73 Å². The molecule has 0 aromatic carbocycles. The molecule has 0 bridgehead atoms. The fourth-order valence-corrected chi connectivity index (χ4v) is 3.04. The maximum Gasteiger partial charge on any atom is 0.0640 e. The summed E-state index contributed by atoms with van der Waals surface area (Å²) >= 11 is 0. The lowest BCUT2D eigenvalue weighted by Crippen LogP contribution is -2.31. The molecule has 20 heavy (non-hydrogen) atoms. The lowest BCUT2D eigenvalue weighted by molar-refractivity contribution is 0.00742. The summed E-state index contributed by atoms with van der Waals surface area (Å²) in [5, 5.41) is 4.68. The van der Waals surface area contributed by atoms with Crippen molar-refractivity contribution in [3.63, 3.8) is 0 Å². The van der Waals surface area contributed by atoms with Gasteiger partial charge in [-0.2, -0.15) is 5.10 Å². The minimum absolute atomic E-state index is 0.156. The van der Waals surface area contributed by atoms with Crippen molar-refractivity contribution in [1.29, 1.82) is 0 Å². The smallest absolute Gasteiger partial charge is 0.0640 e. The minimum Gasteiger partial charge on any atom is -0.378 e. The van der Waals surface area contributed by atoms with Gasteiger partial charge in [-0.25, -0.2) is 0 Å². The zero-order valence-electron chi connectivity index (χ0n) is 12.9. The third-order valence-corrected chi connectivity index (χ3v) is 4.29. The Morgan fingerprint density at radius 3 is 2.85 bits per heavy atom. The zero-order chi connectivity index (χ0) is 14.4. The van der Waals surface area contributed by atoms with Crippen LogP contribution in [0, 0.1) is 0 Å². The number of hydrogen-bond donors (Lipinski definition) is 1. The van der Waals surface area contributed by atoms with Gasteiger partial charge in [-0.05, 0) is 44.6 Å². The molecule has 1 aromatic rings. The maximum atomic E-state index is 6.26. The number of nitrogens with zero attached hydrogens (tertiary/aromatic N) is 2. The second kappa shape index (κ2) is 7.79. The molecule has 4 nitrogen and oxygen atoms in total. The van der Waals surface area contributed by atoms with E-state index in [4.69, 9.17) is 10.5 Å². The van der Waals surface area contributed by atoms with Crippen molar-refractivity contribution >= 4 is 0 Å². The second-order valence-corrected chi connectivity index (χ2v) is 5.95. The van der Waals surface area contributed by atoms with E-state index in [1.54, 1.807) is 0 Å². The van der Waals surface area contributed by atoms with E-state index in [1.165, 1.54) is 12.8 Å². The first kappa shape index (κ1) is 15.5. The van der Waals surface area contributed by atoms with E-state index >= 15 is 0 Å². The summed E-state index contributed by atoms with van der Waals surface area (Å²) in [5.41, 5.74) is 7.37. The first-order valence-electron chi connectivity index (χ1n) is 8.14. The predicted molar refractivity (Wildman–Crippen MR) is 81.7 cm³/mol. The third kappa shape index (κ3) is 4.32. The number of aromatic nitrogens is 2. The van der Waals surface area contributed by atoms with E-state index in [9.17, 15) is 0 Å². The van der Waals surface area contributed by atoms with Crippen molar-refractivity contribution in [2.75, 3.05) is 6.61 Å². The molecular weight excluding hydrogens is 250 g/mol. The molecule has 0 spiro atoms. The van der Waals surface area contributed by atoms with Gasteiger partial charge in [0.15, 0.2) is 0 Å². The maximum absolute atomic E-state index is 6.26. The Labute approximate surface area is 122 Å². The molecule has 0 aliphatic carbocycles. The highest BCUT2D eigenvalue weighted by Crippen LogP contribution is 2.19.